The van der Waals surface area contributed by atoms with Gasteiger partial charge in [-0.2, -0.15) is 10.2 Å². The molecular weight excluding hydrogens is 526 g/mol. The SMILES string of the molecule is Cc1cc(C)c(C)c(OCc2csc(C(=O)Nc3c(C)nn(Cn4nc(C)c(Br)c4C)c3C)c2)c1. The molecule has 3 heterocycles. The molecule has 1 amide bonds. The Morgan fingerprint density at radius 1 is 1.00 bits per heavy atom. The van der Waals surface area contributed by atoms with E-state index in [9.17, 15) is 4.79 Å². The minimum Gasteiger partial charge on any atom is -0.489 e. The van der Waals surface area contributed by atoms with Crippen LogP contribution in [0.5, 0.6) is 5.75 Å². The van der Waals surface area contributed by atoms with Crippen LogP contribution < -0.4 is 10.1 Å². The predicted molar refractivity (Wildman–Crippen MR) is 144 cm³/mol. The Morgan fingerprint density at radius 3 is 2.37 bits per heavy atom. The van der Waals surface area contributed by atoms with Crippen molar-refractivity contribution in [2.75, 3.05) is 5.32 Å². The molecule has 0 aliphatic carbocycles. The molecule has 0 bridgehead atoms. The molecule has 7 nitrogen and oxygen atoms in total. The van der Waals surface area contributed by atoms with Crippen LogP contribution in [0.15, 0.2) is 28.1 Å². The smallest absolute Gasteiger partial charge is 0.265 e. The first-order chi connectivity index (χ1) is 16.5. The van der Waals surface area contributed by atoms with Crippen molar-refractivity contribution in [1.29, 1.82) is 0 Å². The van der Waals surface area contributed by atoms with Crippen LogP contribution in [0, 0.1) is 48.5 Å². The number of rotatable bonds is 7. The van der Waals surface area contributed by atoms with E-state index in [2.05, 4.69) is 64.3 Å². The molecule has 0 aliphatic rings. The first-order valence-electron chi connectivity index (χ1n) is 11.4. The highest BCUT2D eigenvalue weighted by Gasteiger charge is 2.18. The fourth-order valence-electron chi connectivity index (χ4n) is 4.01. The van der Waals surface area contributed by atoms with Crippen molar-refractivity contribution in [2.45, 2.75) is 61.7 Å². The fourth-order valence-corrected chi connectivity index (χ4v) is 5.09. The molecule has 3 aromatic heterocycles. The minimum atomic E-state index is -0.150. The summed E-state index contributed by atoms with van der Waals surface area (Å²) in [5.74, 6) is 0.733. The number of hydrogen-bond acceptors (Lipinski definition) is 5. The quantitative estimate of drug-likeness (QED) is 0.286. The number of carbonyl (C=O) groups excluding carboxylic acids is 1. The largest absolute Gasteiger partial charge is 0.489 e. The van der Waals surface area contributed by atoms with Gasteiger partial charge in [-0.1, -0.05) is 6.07 Å². The Hall–Kier alpha value is -2.91. The number of thiophene rings is 1. The third-order valence-electron chi connectivity index (χ3n) is 6.22. The summed E-state index contributed by atoms with van der Waals surface area (Å²) in [6.45, 7) is 14.9. The van der Waals surface area contributed by atoms with Gasteiger partial charge in [0.05, 0.1) is 37.8 Å². The van der Waals surface area contributed by atoms with Gasteiger partial charge in [0.15, 0.2) is 0 Å². The van der Waals surface area contributed by atoms with Gasteiger partial charge in [0, 0.05) is 5.56 Å². The Balaban J connectivity index is 1.45. The lowest BCUT2D eigenvalue weighted by Crippen LogP contribution is -2.15. The van der Waals surface area contributed by atoms with Gasteiger partial charge < -0.3 is 10.1 Å². The van der Waals surface area contributed by atoms with Gasteiger partial charge >= 0.3 is 0 Å². The van der Waals surface area contributed by atoms with Crippen LogP contribution in [-0.2, 0) is 13.3 Å². The lowest BCUT2D eigenvalue weighted by molar-refractivity contribution is 0.103. The zero-order valence-electron chi connectivity index (χ0n) is 21.1. The number of ether oxygens (including phenoxy) is 1. The molecule has 35 heavy (non-hydrogen) atoms. The Morgan fingerprint density at radius 2 is 1.69 bits per heavy atom. The molecule has 1 N–H and O–H groups in total. The van der Waals surface area contributed by atoms with Crippen LogP contribution in [0.1, 0.15) is 54.7 Å². The standard InChI is InChI=1S/C26H30BrN5O2S/c1-14-8-15(2)16(3)22(9-14)34-11-21-10-23(35-12-21)26(33)28-25-18(5)30-32(20(25)7)13-31-19(6)24(27)17(4)29-31/h8-10,12H,11,13H2,1-7H3,(H,28,33). The third kappa shape index (κ3) is 5.21. The third-order valence-corrected chi connectivity index (χ3v) is 8.34. The van der Waals surface area contributed by atoms with Crippen LogP contribution in [0.2, 0.25) is 0 Å². The Bertz CT molecular complexity index is 1420. The summed E-state index contributed by atoms with van der Waals surface area (Å²) in [5.41, 5.74) is 8.83. The second-order valence-electron chi connectivity index (χ2n) is 8.94. The topological polar surface area (TPSA) is 74.0 Å². The maximum absolute atomic E-state index is 13.0. The van der Waals surface area contributed by atoms with Gasteiger partial charge in [-0.25, -0.2) is 9.36 Å². The number of carbonyl (C=O) groups is 1. The van der Waals surface area contributed by atoms with Crippen LogP contribution in [0.3, 0.4) is 0 Å². The number of nitrogens with zero attached hydrogens (tertiary/aromatic N) is 4. The van der Waals surface area contributed by atoms with E-state index in [0.717, 1.165) is 49.8 Å². The number of nitrogens with one attached hydrogen (secondary N) is 1. The van der Waals surface area contributed by atoms with Crippen molar-refractivity contribution < 1.29 is 9.53 Å². The van der Waals surface area contributed by atoms with Gasteiger partial charge in [-0.3, -0.25) is 4.79 Å². The zero-order valence-corrected chi connectivity index (χ0v) is 23.5. The molecule has 4 aromatic rings. The Kier molecular flexibility index (Phi) is 7.19. The molecule has 0 unspecified atom stereocenters. The first-order valence-corrected chi connectivity index (χ1v) is 13.0. The van der Waals surface area contributed by atoms with E-state index < -0.39 is 0 Å². The van der Waals surface area contributed by atoms with Gasteiger partial charge in [-0.15, -0.1) is 11.3 Å². The van der Waals surface area contributed by atoms with Crippen molar-refractivity contribution in [3.8, 4) is 5.75 Å². The number of aromatic nitrogens is 4. The molecular formula is C26H30BrN5O2S. The minimum absolute atomic E-state index is 0.150. The number of anilines is 1. The van der Waals surface area contributed by atoms with Crippen molar-refractivity contribution in [3.05, 3.63) is 78.0 Å². The van der Waals surface area contributed by atoms with Crippen LogP contribution in [-0.4, -0.2) is 25.5 Å². The van der Waals surface area contributed by atoms with Gasteiger partial charge in [0.2, 0.25) is 0 Å². The molecule has 0 aliphatic heterocycles. The maximum atomic E-state index is 13.0. The van der Waals surface area contributed by atoms with Crippen LogP contribution in [0.4, 0.5) is 5.69 Å². The average molecular weight is 557 g/mol. The number of aryl methyl sites for hydroxylation is 4. The monoisotopic (exact) mass is 555 g/mol. The number of benzene rings is 1. The molecule has 9 heteroatoms. The number of amides is 1. The Labute approximate surface area is 218 Å². The summed E-state index contributed by atoms with van der Waals surface area (Å²) >= 11 is 4.98. The second-order valence-corrected chi connectivity index (χ2v) is 10.6. The molecule has 1 aromatic carbocycles. The van der Waals surface area contributed by atoms with E-state index in [1.807, 2.05) is 48.5 Å². The summed E-state index contributed by atoms with van der Waals surface area (Å²) in [6, 6.07) is 6.09. The fraction of sp³-hybridized carbons (Fsp3) is 0.346. The van der Waals surface area contributed by atoms with E-state index in [0.29, 0.717) is 18.2 Å². The highest BCUT2D eigenvalue weighted by molar-refractivity contribution is 9.10. The summed E-state index contributed by atoms with van der Waals surface area (Å²) in [6.07, 6.45) is 0. The first kappa shape index (κ1) is 25.2. The molecule has 0 spiro atoms. The summed E-state index contributed by atoms with van der Waals surface area (Å²) < 4.78 is 10.8. The normalized spacial score (nSPS) is 11.2. The summed E-state index contributed by atoms with van der Waals surface area (Å²) in [4.78, 5) is 13.7. The molecule has 0 radical (unpaired) electrons. The molecule has 0 saturated carbocycles. The van der Waals surface area contributed by atoms with Crippen LogP contribution >= 0.6 is 27.3 Å². The number of hydrogen-bond donors (Lipinski definition) is 1. The summed E-state index contributed by atoms with van der Waals surface area (Å²) in [5, 5.41) is 14.2. The average Bonchev–Trinajstić information content (AvgIpc) is 3.45. The van der Waals surface area contributed by atoms with Crippen LogP contribution in [0.25, 0.3) is 0 Å². The van der Waals surface area contributed by atoms with Crippen molar-refractivity contribution in [3.63, 3.8) is 0 Å². The van der Waals surface area contributed by atoms with Gasteiger partial charge in [-0.05, 0) is 98.6 Å². The lowest BCUT2D eigenvalue weighted by atomic mass is 10.1. The van der Waals surface area contributed by atoms with E-state index in [4.69, 9.17) is 4.74 Å². The molecule has 0 atom stereocenters. The van der Waals surface area contributed by atoms with Crippen molar-refractivity contribution >= 4 is 38.9 Å². The van der Waals surface area contributed by atoms with E-state index in [1.165, 1.54) is 22.5 Å². The van der Waals surface area contributed by atoms with E-state index in [1.54, 1.807) is 0 Å². The highest BCUT2D eigenvalue weighted by Crippen LogP contribution is 2.27. The van der Waals surface area contributed by atoms with Crippen molar-refractivity contribution in [2.24, 2.45) is 0 Å². The maximum Gasteiger partial charge on any atom is 0.265 e. The zero-order chi connectivity index (χ0) is 25.4. The lowest BCUT2D eigenvalue weighted by Gasteiger charge is -2.11. The molecule has 0 fully saturated rings. The number of halogens is 1. The molecule has 4 rings (SSSR count). The highest BCUT2D eigenvalue weighted by atomic mass is 79.9. The van der Waals surface area contributed by atoms with Crippen molar-refractivity contribution in [1.82, 2.24) is 19.6 Å². The molecule has 184 valence electrons. The second kappa shape index (κ2) is 9.99. The van der Waals surface area contributed by atoms with Gasteiger partial charge in [0.25, 0.3) is 5.91 Å². The molecule has 0 saturated heterocycles. The van der Waals surface area contributed by atoms with Gasteiger partial charge in [0.1, 0.15) is 19.0 Å². The van der Waals surface area contributed by atoms with E-state index in [-0.39, 0.29) is 5.91 Å². The predicted octanol–water partition coefficient (Wildman–Crippen LogP) is 6.40. The summed E-state index contributed by atoms with van der Waals surface area (Å²) in [7, 11) is 0. The van der Waals surface area contributed by atoms with E-state index >= 15 is 0 Å².